The van der Waals surface area contributed by atoms with Crippen molar-refractivity contribution in [2.75, 3.05) is 24.5 Å². The predicted molar refractivity (Wildman–Crippen MR) is 94.8 cm³/mol. The van der Waals surface area contributed by atoms with Crippen LogP contribution in [-0.2, 0) is 4.79 Å². The minimum absolute atomic E-state index is 0.0468. The Balaban J connectivity index is 1.79. The molecule has 1 amide bonds. The number of halogens is 1. The van der Waals surface area contributed by atoms with E-state index in [-0.39, 0.29) is 23.4 Å². The number of para-hydroxylation sites is 1. The first-order valence-corrected chi connectivity index (χ1v) is 8.83. The van der Waals surface area contributed by atoms with Crippen molar-refractivity contribution in [3.8, 4) is 0 Å². The van der Waals surface area contributed by atoms with Crippen molar-refractivity contribution in [2.45, 2.75) is 45.2 Å². The lowest BCUT2D eigenvalue weighted by Gasteiger charge is -2.47. The van der Waals surface area contributed by atoms with E-state index in [4.69, 9.17) is 17.3 Å². The molecule has 0 aliphatic carbocycles. The number of likely N-dealkylation sites (tertiary alicyclic amines) is 1. The zero-order valence-corrected chi connectivity index (χ0v) is 14.7. The second-order valence-corrected chi connectivity index (χ2v) is 7.86. The van der Waals surface area contributed by atoms with Crippen LogP contribution in [0.15, 0.2) is 24.3 Å². The number of carbonyl (C=O) groups excluding carboxylic acids is 1. The Morgan fingerprint density at radius 1 is 1.22 bits per heavy atom. The van der Waals surface area contributed by atoms with Crippen LogP contribution in [0.4, 0.5) is 5.69 Å². The Bertz CT molecular complexity index is 589. The average Bonchev–Trinajstić information content (AvgIpc) is 2.51. The molecule has 1 aromatic rings. The maximum atomic E-state index is 13.1. The van der Waals surface area contributed by atoms with Crippen LogP contribution in [-0.4, -0.2) is 42.5 Å². The number of nitrogens with zero attached hydrogens (tertiary/aromatic N) is 2. The molecule has 0 bridgehead atoms. The van der Waals surface area contributed by atoms with Gasteiger partial charge in [-0.25, -0.2) is 0 Å². The fourth-order valence-electron chi connectivity index (χ4n) is 3.79. The molecule has 2 fully saturated rings. The summed E-state index contributed by atoms with van der Waals surface area (Å²) in [7, 11) is 0. The van der Waals surface area contributed by atoms with Crippen LogP contribution in [0.2, 0.25) is 5.02 Å². The Hall–Kier alpha value is -1.10. The molecule has 2 atom stereocenters. The lowest BCUT2D eigenvalue weighted by atomic mass is 9.79. The van der Waals surface area contributed by atoms with E-state index in [0.29, 0.717) is 5.02 Å². The second kappa shape index (κ2) is 6.42. The van der Waals surface area contributed by atoms with E-state index in [1.807, 2.05) is 29.2 Å². The van der Waals surface area contributed by atoms with Crippen molar-refractivity contribution in [1.29, 1.82) is 0 Å². The first-order chi connectivity index (χ1) is 10.9. The van der Waals surface area contributed by atoms with Gasteiger partial charge in [0.15, 0.2) is 0 Å². The van der Waals surface area contributed by atoms with Crippen molar-refractivity contribution in [1.82, 2.24) is 4.90 Å². The zero-order valence-electron chi connectivity index (χ0n) is 14.0. The number of nitrogens with two attached hydrogens (primary N) is 1. The molecule has 2 aliphatic heterocycles. The van der Waals surface area contributed by atoms with E-state index >= 15 is 0 Å². The van der Waals surface area contributed by atoms with Gasteiger partial charge < -0.3 is 10.6 Å². The molecule has 2 heterocycles. The third kappa shape index (κ3) is 3.25. The molecule has 0 aromatic heterocycles. The van der Waals surface area contributed by atoms with E-state index in [1.165, 1.54) is 0 Å². The smallest absolute Gasteiger partial charge is 0.244 e. The van der Waals surface area contributed by atoms with E-state index in [1.54, 1.807) is 0 Å². The highest BCUT2D eigenvalue weighted by molar-refractivity contribution is 6.33. The maximum absolute atomic E-state index is 13.1. The fraction of sp³-hybridized carbons (Fsp3) is 0.611. The Kier molecular flexibility index (Phi) is 4.68. The summed E-state index contributed by atoms with van der Waals surface area (Å²) in [5.74, 6) is 0.177. The fourth-order valence-corrected chi connectivity index (χ4v) is 4.02. The maximum Gasteiger partial charge on any atom is 0.244 e. The van der Waals surface area contributed by atoms with Gasteiger partial charge in [0.25, 0.3) is 0 Å². The van der Waals surface area contributed by atoms with Crippen LogP contribution in [0.5, 0.6) is 0 Å². The van der Waals surface area contributed by atoms with Crippen LogP contribution < -0.4 is 10.6 Å². The number of amides is 1. The number of rotatable bonds is 2. The molecule has 0 spiro atoms. The molecule has 5 heteroatoms. The first kappa shape index (κ1) is 16.7. The molecule has 2 aliphatic rings. The van der Waals surface area contributed by atoms with Gasteiger partial charge in [0, 0.05) is 25.7 Å². The van der Waals surface area contributed by atoms with Gasteiger partial charge in [-0.05, 0) is 36.8 Å². The summed E-state index contributed by atoms with van der Waals surface area (Å²) >= 11 is 6.30. The average molecular weight is 336 g/mol. The van der Waals surface area contributed by atoms with Crippen molar-refractivity contribution < 1.29 is 4.79 Å². The number of piperidine rings is 2. The zero-order chi connectivity index (χ0) is 16.6. The highest BCUT2D eigenvalue weighted by Gasteiger charge is 2.41. The normalized spacial score (nSPS) is 28.9. The summed E-state index contributed by atoms with van der Waals surface area (Å²) in [5.41, 5.74) is 7.11. The van der Waals surface area contributed by atoms with Gasteiger partial charge in [-0.1, -0.05) is 37.6 Å². The van der Waals surface area contributed by atoms with Gasteiger partial charge in [0.2, 0.25) is 5.91 Å². The topological polar surface area (TPSA) is 49.6 Å². The van der Waals surface area contributed by atoms with Crippen LogP contribution in [0.25, 0.3) is 0 Å². The van der Waals surface area contributed by atoms with Gasteiger partial charge in [-0.2, -0.15) is 0 Å². The molecule has 2 saturated heterocycles. The van der Waals surface area contributed by atoms with Crippen molar-refractivity contribution in [3.05, 3.63) is 29.3 Å². The lowest BCUT2D eigenvalue weighted by molar-refractivity contribution is -0.126. The molecule has 2 N–H and O–H groups in total. The number of hydrogen-bond donors (Lipinski definition) is 1. The molecular weight excluding hydrogens is 310 g/mol. The molecule has 1 aromatic carbocycles. The minimum Gasteiger partial charge on any atom is -0.327 e. The first-order valence-electron chi connectivity index (χ1n) is 8.46. The van der Waals surface area contributed by atoms with E-state index in [2.05, 4.69) is 18.7 Å². The van der Waals surface area contributed by atoms with Gasteiger partial charge in [-0.3, -0.25) is 9.69 Å². The standard InChI is InChI=1S/C18H26ClN3O/c1-18(2)12-21(11-9-16(18)20)15-8-5-10-22(17(15)23)14-7-4-3-6-13(14)19/h3-4,6-7,15-16H,5,8-12,20H2,1-2H3. The van der Waals surface area contributed by atoms with Crippen molar-refractivity contribution in [2.24, 2.45) is 11.1 Å². The molecule has 0 saturated carbocycles. The van der Waals surface area contributed by atoms with Gasteiger partial charge in [0.05, 0.1) is 16.8 Å². The van der Waals surface area contributed by atoms with Gasteiger partial charge in [0.1, 0.15) is 0 Å². The van der Waals surface area contributed by atoms with Crippen LogP contribution in [0.3, 0.4) is 0 Å². The number of benzene rings is 1. The molecule has 23 heavy (non-hydrogen) atoms. The highest BCUT2D eigenvalue weighted by atomic mass is 35.5. The number of carbonyl (C=O) groups is 1. The summed E-state index contributed by atoms with van der Waals surface area (Å²) in [6.07, 6.45) is 2.87. The summed E-state index contributed by atoms with van der Waals surface area (Å²) in [4.78, 5) is 17.3. The third-order valence-electron chi connectivity index (χ3n) is 5.34. The molecule has 0 radical (unpaired) electrons. The van der Waals surface area contributed by atoms with Gasteiger partial charge in [-0.15, -0.1) is 0 Å². The van der Waals surface area contributed by atoms with Crippen molar-refractivity contribution in [3.63, 3.8) is 0 Å². The SMILES string of the molecule is CC1(C)CN(C2CCCN(c3ccccc3Cl)C2=O)CCC1N. The predicted octanol–water partition coefficient (Wildman–Crippen LogP) is 2.89. The minimum atomic E-state index is -0.0493. The van der Waals surface area contributed by atoms with Crippen molar-refractivity contribution >= 4 is 23.2 Å². The van der Waals surface area contributed by atoms with E-state index in [9.17, 15) is 4.79 Å². The lowest BCUT2D eigenvalue weighted by Crippen LogP contribution is -2.60. The highest BCUT2D eigenvalue weighted by Crippen LogP contribution is 2.33. The molecule has 2 unspecified atom stereocenters. The Morgan fingerprint density at radius 2 is 1.96 bits per heavy atom. The molecule has 126 valence electrons. The Morgan fingerprint density at radius 3 is 2.65 bits per heavy atom. The summed E-state index contributed by atoms with van der Waals surface area (Å²) < 4.78 is 0. The van der Waals surface area contributed by atoms with E-state index in [0.717, 1.165) is 44.6 Å². The Labute approximate surface area is 143 Å². The summed E-state index contributed by atoms with van der Waals surface area (Å²) in [6, 6.07) is 7.76. The molecule has 3 rings (SSSR count). The monoisotopic (exact) mass is 335 g/mol. The van der Waals surface area contributed by atoms with Gasteiger partial charge >= 0.3 is 0 Å². The van der Waals surface area contributed by atoms with Crippen LogP contribution in [0.1, 0.15) is 33.1 Å². The third-order valence-corrected chi connectivity index (χ3v) is 5.66. The summed E-state index contributed by atoms with van der Waals surface area (Å²) in [6.45, 7) is 6.92. The molecular formula is C18H26ClN3O. The summed E-state index contributed by atoms with van der Waals surface area (Å²) in [5, 5.41) is 0.641. The van der Waals surface area contributed by atoms with Crippen LogP contribution in [0, 0.1) is 5.41 Å². The quantitative estimate of drug-likeness (QED) is 0.904. The van der Waals surface area contributed by atoms with Crippen LogP contribution >= 0.6 is 11.6 Å². The molecule has 4 nitrogen and oxygen atoms in total. The second-order valence-electron chi connectivity index (χ2n) is 7.45. The van der Waals surface area contributed by atoms with E-state index < -0.39 is 0 Å². The number of hydrogen-bond acceptors (Lipinski definition) is 3. The number of anilines is 1. The largest absolute Gasteiger partial charge is 0.327 e.